The van der Waals surface area contributed by atoms with Gasteiger partial charge in [-0.1, -0.05) is 37.3 Å². The molecule has 1 aliphatic carbocycles. The van der Waals surface area contributed by atoms with Crippen molar-refractivity contribution in [2.24, 2.45) is 0 Å². The Balaban J connectivity index is 1.57. The Bertz CT molecular complexity index is 864. The Hall–Kier alpha value is -2.16. The van der Waals surface area contributed by atoms with Crippen LogP contribution in [0.4, 0.5) is 5.13 Å². The van der Waals surface area contributed by atoms with Gasteiger partial charge in [-0.3, -0.25) is 0 Å². The molecule has 1 aliphatic heterocycles. The van der Waals surface area contributed by atoms with Crippen LogP contribution in [0.3, 0.4) is 0 Å². The number of hydrogen-bond donors (Lipinski definition) is 1. The third-order valence-electron chi connectivity index (χ3n) is 5.80. The lowest BCUT2D eigenvalue weighted by Crippen LogP contribution is -2.63. The minimum atomic E-state index is -0.280. The predicted octanol–water partition coefficient (Wildman–Crippen LogP) is 4.52. The summed E-state index contributed by atoms with van der Waals surface area (Å²) in [4.78, 5) is 7.68. The predicted molar refractivity (Wildman–Crippen MR) is 110 cm³/mol. The molecule has 0 unspecified atom stereocenters. The normalized spacial score (nSPS) is 24.9. The van der Waals surface area contributed by atoms with Gasteiger partial charge in [0.2, 0.25) is 0 Å². The van der Waals surface area contributed by atoms with Gasteiger partial charge in [-0.2, -0.15) is 5.26 Å². The lowest BCUT2D eigenvalue weighted by Gasteiger charge is -2.51. The number of nitriles is 1. The smallest absolute Gasteiger partial charge is 0.186 e. The third kappa shape index (κ3) is 3.28. The van der Waals surface area contributed by atoms with Gasteiger partial charge in [-0.25, -0.2) is 4.98 Å². The van der Waals surface area contributed by atoms with E-state index >= 15 is 0 Å². The number of nitrogens with zero attached hydrogens (tertiary/aromatic N) is 3. The SMILES string of the molecule is CCc1cnc(N2[C@H](C#N)[C@@H](c3ccc(C4=CCCCC4)cc3)[C@@H]2CO)s1. The van der Waals surface area contributed by atoms with Crippen molar-refractivity contribution in [3.8, 4) is 6.07 Å². The van der Waals surface area contributed by atoms with Crippen molar-refractivity contribution in [2.45, 2.75) is 57.0 Å². The molecule has 5 heteroatoms. The fourth-order valence-corrected chi connectivity index (χ4v) is 5.21. The Morgan fingerprint density at radius 2 is 2.11 bits per heavy atom. The van der Waals surface area contributed by atoms with Crippen molar-refractivity contribution in [3.05, 3.63) is 52.5 Å². The van der Waals surface area contributed by atoms with Gasteiger partial charge in [0.05, 0.1) is 18.7 Å². The maximum atomic E-state index is 10.0. The molecule has 27 heavy (non-hydrogen) atoms. The number of aliphatic hydroxyl groups is 1. The summed E-state index contributed by atoms with van der Waals surface area (Å²) in [5.41, 5.74) is 3.86. The van der Waals surface area contributed by atoms with E-state index in [0.29, 0.717) is 0 Å². The molecule has 0 bridgehead atoms. The zero-order valence-corrected chi connectivity index (χ0v) is 16.5. The van der Waals surface area contributed by atoms with Gasteiger partial charge in [0, 0.05) is 17.0 Å². The highest BCUT2D eigenvalue weighted by atomic mass is 32.1. The molecule has 0 amide bonds. The van der Waals surface area contributed by atoms with Crippen molar-refractivity contribution >= 4 is 22.0 Å². The molecule has 2 aromatic rings. The zero-order valence-electron chi connectivity index (χ0n) is 15.6. The lowest BCUT2D eigenvalue weighted by molar-refractivity contribution is 0.187. The molecule has 1 N–H and O–H groups in total. The molecule has 1 aromatic heterocycles. The molecule has 1 aromatic carbocycles. The summed E-state index contributed by atoms with van der Waals surface area (Å²) >= 11 is 1.62. The summed E-state index contributed by atoms with van der Waals surface area (Å²) in [6, 6.07) is 10.7. The first-order valence-electron chi connectivity index (χ1n) is 9.79. The van der Waals surface area contributed by atoms with Crippen LogP contribution in [-0.2, 0) is 6.42 Å². The van der Waals surface area contributed by atoms with Gasteiger partial charge < -0.3 is 10.0 Å². The molecular weight excluding hydrogens is 354 g/mol. The molecular formula is C22H25N3OS. The molecule has 0 saturated carbocycles. The van der Waals surface area contributed by atoms with Gasteiger partial charge in [-0.15, -0.1) is 11.3 Å². The van der Waals surface area contributed by atoms with E-state index < -0.39 is 0 Å². The third-order valence-corrected chi connectivity index (χ3v) is 6.95. The first-order chi connectivity index (χ1) is 13.3. The maximum absolute atomic E-state index is 10.0. The number of aliphatic hydroxyl groups excluding tert-OH is 1. The summed E-state index contributed by atoms with van der Waals surface area (Å²) in [5.74, 6) is 0.0170. The average Bonchev–Trinajstić information content (AvgIpc) is 3.17. The van der Waals surface area contributed by atoms with Crippen LogP contribution in [0, 0.1) is 11.3 Å². The van der Waals surface area contributed by atoms with E-state index in [1.807, 2.05) is 11.1 Å². The van der Waals surface area contributed by atoms with E-state index in [1.165, 1.54) is 35.3 Å². The van der Waals surface area contributed by atoms with Crippen molar-refractivity contribution in [3.63, 3.8) is 0 Å². The van der Waals surface area contributed by atoms with Crippen LogP contribution in [0.25, 0.3) is 5.57 Å². The van der Waals surface area contributed by atoms with E-state index in [2.05, 4.69) is 48.3 Å². The van der Waals surface area contributed by atoms with Crippen LogP contribution in [0.5, 0.6) is 0 Å². The summed E-state index contributed by atoms with van der Waals surface area (Å²) in [7, 11) is 0. The Kier molecular flexibility index (Phi) is 5.29. The second kappa shape index (κ2) is 7.84. The van der Waals surface area contributed by atoms with Crippen LogP contribution in [0.2, 0.25) is 0 Å². The summed E-state index contributed by atoms with van der Waals surface area (Å²) in [6.45, 7) is 2.13. The van der Waals surface area contributed by atoms with Crippen LogP contribution >= 0.6 is 11.3 Å². The van der Waals surface area contributed by atoms with Crippen molar-refractivity contribution in [1.29, 1.82) is 5.26 Å². The van der Waals surface area contributed by atoms with Gasteiger partial charge in [-0.05, 0) is 48.8 Å². The van der Waals surface area contributed by atoms with E-state index in [1.54, 1.807) is 11.3 Å². The maximum Gasteiger partial charge on any atom is 0.186 e. The van der Waals surface area contributed by atoms with Gasteiger partial charge in [0.25, 0.3) is 0 Å². The Labute approximate surface area is 164 Å². The monoisotopic (exact) mass is 379 g/mol. The molecule has 4 rings (SSSR count). The van der Waals surface area contributed by atoms with Crippen LogP contribution in [0.15, 0.2) is 36.5 Å². The second-order valence-electron chi connectivity index (χ2n) is 7.32. The van der Waals surface area contributed by atoms with Crippen molar-refractivity contribution in [1.82, 2.24) is 4.98 Å². The van der Waals surface area contributed by atoms with Crippen LogP contribution < -0.4 is 4.90 Å². The quantitative estimate of drug-likeness (QED) is 0.830. The van der Waals surface area contributed by atoms with E-state index in [-0.39, 0.29) is 24.6 Å². The first kappa shape index (κ1) is 18.2. The highest BCUT2D eigenvalue weighted by molar-refractivity contribution is 7.15. The lowest BCUT2D eigenvalue weighted by atomic mass is 9.76. The van der Waals surface area contributed by atoms with Crippen LogP contribution in [-0.4, -0.2) is 28.8 Å². The summed E-state index contributed by atoms with van der Waals surface area (Å²) in [6.07, 6.45) is 10.0. The highest BCUT2D eigenvalue weighted by Crippen LogP contribution is 2.45. The van der Waals surface area contributed by atoms with Gasteiger partial charge in [0.15, 0.2) is 5.13 Å². The Morgan fingerprint density at radius 3 is 2.70 bits per heavy atom. The zero-order chi connectivity index (χ0) is 18.8. The number of benzene rings is 1. The molecule has 0 spiro atoms. The largest absolute Gasteiger partial charge is 0.394 e. The standard InChI is InChI=1S/C22H25N3OS/c1-2-18-13-24-22(27-18)25-19(12-23)21(20(25)14-26)17-10-8-16(9-11-17)15-6-4-3-5-7-15/h6,8-11,13,19-21,26H,2-5,7,14H2,1H3/t19-,20+,21-/m1/s1. The first-order valence-corrected chi connectivity index (χ1v) is 10.6. The molecule has 0 radical (unpaired) electrons. The van der Waals surface area contributed by atoms with E-state index in [4.69, 9.17) is 0 Å². The number of thiazole rings is 1. The number of allylic oxidation sites excluding steroid dienone is 2. The number of aryl methyl sites for hydroxylation is 1. The molecule has 140 valence electrons. The van der Waals surface area contributed by atoms with E-state index in [9.17, 15) is 10.4 Å². The van der Waals surface area contributed by atoms with E-state index in [0.717, 1.165) is 23.5 Å². The highest BCUT2D eigenvalue weighted by Gasteiger charge is 2.50. The van der Waals surface area contributed by atoms with Gasteiger partial charge >= 0.3 is 0 Å². The topological polar surface area (TPSA) is 60.2 Å². The molecule has 3 atom stereocenters. The number of hydrogen-bond acceptors (Lipinski definition) is 5. The molecule has 2 heterocycles. The van der Waals surface area contributed by atoms with Gasteiger partial charge in [0.1, 0.15) is 6.04 Å². The summed E-state index contributed by atoms with van der Waals surface area (Å²) < 4.78 is 0. The fraction of sp³-hybridized carbons (Fsp3) is 0.455. The second-order valence-corrected chi connectivity index (χ2v) is 8.41. The number of rotatable bonds is 5. The minimum Gasteiger partial charge on any atom is -0.394 e. The van der Waals surface area contributed by atoms with Crippen LogP contribution in [0.1, 0.15) is 54.5 Å². The fourth-order valence-electron chi connectivity index (χ4n) is 4.27. The number of anilines is 1. The average molecular weight is 380 g/mol. The molecule has 2 aliphatic rings. The van der Waals surface area contributed by atoms with Crippen molar-refractivity contribution in [2.75, 3.05) is 11.5 Å². The van der Waals surface area contributed by atoms with Crippen molar-refractivity contribution < 1.29 is 5.11 Å². The molecule has 1 saturated heterocycles. The molecule has 1 fully saturated rings. The summed E-state index contributed by atoms with van der Waals surface area (Å²) in [5, 5.41) is 20.6. The number of aromatic nitrogens is 1. The minimum absolute atomic E-state index is 0.0170. The molecule has 4 nitrogen and oxygen atoms in total. The Morgan fingerprint density at radius 1 is 1.30 bits per heavy atom.